The standard InChI is InChI=1S/C11H14F3NO7S2/c12-11(13,14)23(17,18)15-24(19,20)22-8-3-5-1-2-6(8)7-4-21-10(16)9(5)7/h5-9,15H,1-4H2. The first-order valence-electron chi connectivity index (χ1n) is 7.11. The maximum absolute atomic E-state index is 12.3. The maximum atomic E-state index is 12.3. The molecule has 8 nitrogen and oxygen atoms in total. The molecule has 0 aromatic rings. The first kappa shape index (κ1) is 17.9. The number of sulfonamides is 1. The van der Waals surface area contributed by atoms with Crippen LogP contribution in [0.4, 0.5) is 13.2 Å². The van der Waals surface area contributed by atoms with E-state index in [2.05, 4.69) is 0 Å². The Kier molecular flexibility index (Phi) is 4.13. The van der Waals surface area contributed by atoms with Crippen LogP contribution in [-0.4, -0.2) is 41.0 Å². The van der Waals surface area contributed by atoms with Crippen LogP contribution in [0.5, 0.6) is 0 Å². The van der Waals surface area contributed by atoms with Gasteiger partial charge < -0.3 is 4.74 Å². The molecule has 0 aromatic carbocycles. The van der Waals surface area contributed by atoms with Gasteiger partial charge in [-0.2, -0.15) is 21.6 Å². The Labute approximate surface area is 136 Å². The van der Waals surface area contributed by atoms with Gasteiger partial charge in [-0.25, -0.2) is 8.42 Å². The quantitative estimate of drug-likeness (QED) is 0.682. The van der Waals surface area contributed by atoms with Gasteiger partial charge >= 0.3 is 31.8 Å². The SMILES string of the molecule is O=C1OCC2C3CCC(CC3OS(=O)(=O)NS(=O)(=O)C(F)(F)F)C12. The Hall–Kier alpha value is -0.920. The molecule has 24 heavy (non-hydrogen) atoms. The smallest absolute Gasteiger partial charge is 0.465 e. The molecule has 138 valence electrons. The highest BCUT2D eigenvalue weighted by Crippen LogP contribution is 2.53. The van der Waals surface area contributed by atoms with E-state index < -0.39 is 37.9 Å². The summed E-state index contributed by atoms with van der Waals surface area (Å²) in [6, 6.07) is 0. The van der Waals surface area contributed by atoms with Gasteiger partial charge in [0.15, 0.2) is 0 Å². The number of cyclic esters (lactones) is 1. The molecule has 1 heterocycles. The Balaban J connectivity index is 1.74. The molecule has 3 aliphatic carbocycles. The van der Waals surface area contributed by atoms with Gasteiger partial charge in [-0.1, -0.05) is 4.13 Å². The number of alkyl halides is 3. The van der Waals surface area contributed by atoms with Crippen molar-refractivity contribution in [1.29, 1.82) is 0 Å². The molecule has 0 amide bonds. The second-order valence-electron chi connectivity index (χ2n) is 6.18. The average Bonchev–Trinajstić information content (AvgIpc) is 2.80. The van der Waals surface area contributed by atoms with Crippen LogP contribution in [0.2, 0.25) is 0 Å². The van der Waals surface area contributed by atoms with Gasteiger partial charge in [0, 0.05) is 5.92 Å². The molecule has 5 unspecified atom stereocenters. The molecule has 1 N–H and O–H groups in total. The van der Waals surface area contributed by atoms with E-state index in [0.29, 0.717) is 17.0 Å². The highest BCUT2D eigenvalue weighted by atomic mass is 32.3. The lowest BCUT2D eigenvalue weighted by Crippen LogP contribution is -2.51. The zero-order valence-electron chi connectivity index (χ0n) is 12.0. The normalized spacial score (nSPS) is 36.5. The fourth-order valence-corrected chi connectivity index (χ4v) is 6.12. The van der Waals surface area contributed by atoms with E-state index in [1.54, 1.807) is 0 Å². The fourth-order valence-electron chi connectivity index (χ4n) is 3.96. The summed E-state index contributed by atoms with van der Waals surface area (Å²) in [5, 5.41) is 0. The number of carbonyl (C=O) groups is 1. The zero-order chi connectivity index (χ0) is 17.9. The van der Waals surface area contributed by atoms with E-state index in [4.69, 9.17) is 8.92 Å². The predicted octanol–water partition coefficient (Wildman–Crippen LogP) is 0.275. The van der Waals surface area contributed by atoms with Crippen molar-refractivity contribution in [3.05, 3.63) is 0 Å². The third-order valence-corrected chi connectivity index (χ3v) is 7.66. The second kappa shape index (κ2) is 5.54. The largest absolute Gasteiger partial charge is 0.512 e. The van der Waals surface area contributed by atoms with Crippen LogP contribution in [0.15, 0.2) is 0 Å². The van der Waals surface area contributed by atoms with Gasteiger partial charge in [0.05, 0.1) is 18.6 Å². The average molecular weight is 393 g/mol. The number of halogens is 3. The van der Waals surface area contributed by atoms with Crippen molar-refractivity contribution < 1.29 is 43.7 Å². The van der Waals surface area contributed by atoms with Gasteiger partial charge in [-0.3, -0.25) is 8.98 Å². The topological polar surface area (TPSA) is 116 Å². The van der Waals surface area contributed by atoms with E-state index in [-0.39, 0.29) is 36.8 Å². The highest BCUT2D eigenvalue weighted by molar-refractivity contribution is 8.03. The summed E-state index contributed by atoms with van der Waals surface area (Å²) in [4.78, 5) is 11.7. The third-order valence-electron chi connectivity index (χ3n) is 4.86. The Bertz CT molecular complexity index is 748. The summed E-state index contributed by atoms with van der Waals surface area (Å²) in [6.07, 6.45) is 0.359. The first-order chi connectivity index (χ1) is 10.9. The summed E-state index contributed by atoms with van der Waals surface area (Å²) in [6.45, 7) is 0.110. The Morgan fingerprint density at radius 3 is 2.42 bits per heavy atom. The molecule has 1 saturated heterocycles. The number of fused-ring (bicyclic) bond motifs is 2. The van der Waals surface area contributed by atoms with Crippen LogP contribution in [-0.2, 0) is 34.0 Å². The molecule has 0 aromatic heterocycles. The molecule has 3 saturated carbocycles. The van der Waals surface area contributed by atoms with Crippen LogP contribution in [0.3, 0.4) is 0 Å². The number of hydrogen-bond donors (Lipinski definition) is 1. The summed E-state index contributed by atoms with van der Waals surface area (Å²) in [5.74, 6) is -1.54. The minimum atomic E-state index is -6.09. The van der Waals surface area contributed by atoms with E-state index in [1.807, 2.05) is 0 Å². The predicted molar refractivity (Wildman–Crippen MR) is 70.7 cm³/mol. The molecule has 1 aliphatic heterocycles. The number of ether oxygens (including phenoxy) is 1. The number of carbonyl (C=O) groups excluding carboxylic acids is 1. The number of esters is 1. The molecule has 4 rings (SSSR count). The molecule has 2 bridgehead atoms. The minimum Gasteiger partial charge on any atom is -0.465 e. The number of nitrogens with one attached hydrogen (secondary N) is 1. The van der Waals surface area contributed by atoms with Crippen LogP contribution in [0.25, 0.3) is 0 Å². The zero-order valence-corrected chi connectivity index (χ0v) is 13.7. The molecule has 0 spiro atoms. The molecule has 5 atom stereocenters. The summed E-state index contributed by atoms with van der Waals surface area (Å²) >= 11 is 0. The lowest BCUT2D eigenvalue weighted by atomic mass is 9.58. The molecule has 4 aliphatic rings. The van der Waals surface area contributed by atoms with Gasteiger partial charge in [-0.05, 0) is 31.1 Å². The van der Waals surface area contributed by atoms with Gasteiger partial charge in [0.2, 0.25) is 0 Å². The first-order valence-corrected chi connectivity index (χ1v) is 10.00. The fraction of sp³-hybridized carbons (Fsp3) is 0.909. The van der Waals surface area contributed by atoms with Crippen LogP contribution in [0, 0.1) is 23.7 Å². The van der Waals surface area contributed by atoms with Crippen LogP contribution in [0.1, 0.15) is 19.3 Å². The lowest BCUT2D eigenvalue weighted by molar-refractivity contribution is -0.145. The summed E-state index contributed by atoms with van der Waals surface area (Å²) in [5.41, 5.74) is -5.77. The summed E-state index contributed by atoms with van der Waals surface area (Å²) in [7, 11) is -11.3. The molecule has 13 heteroatoms. The van der Waals surface area contributed by atoms with Crippen molar-refractivity contribution in [3.8, 4) is 0 Å². The maximum Gasteiger partial charge on any atom is 0.512 e. The second-order valence-corrected chi connectivity index (χ2v) is 9.42. The van der Waals surface area contributed by atoms with Crippen molar-refractivity contribution in [1.82, 2.24) is 4.13 Å². The van der Waals surface area contributed by atoms with Crippen molar-refractivity contribution in [2.45, 2.75) is 30.9 Å². The number of rotatable bonds is 4. The molecular formula is C11H14F3NO7S2. The Morgan fingerprint density at radius 1 is 1.12 bits per heavy atom. The van der Waals surface area contributed by atoms with Gasteiger partial charge in [0.1, 0.15) is 0 Å². The summed E-state index contributed by atoms with van der Waals surface area (Å²) < 4.78 is 92.3. The van der Waals surface area contributed by atoms with Crippen molar-refractivity contribution >= 4 is 26.3 Å². The third kappa shape index (κ3) is 3.02. The van der Waals surface area contributed by atoms with E-state index >= 15 is 0 Å². The van der Waals surface area contributed by atoms with Crippen LogP contribution < -0.4 is 4.13 Å². The monoisotopic (exact) mass is 393 g/mol. The molecule has 4 fully saturated rings. The van der Waals surface area contributed by atoms with Crippen molar-refractivity contribution in [2.75, 3.05) is 6.61 Å². The Morgan fingerprint density at radius 2 is 1.79 bits per heavy atom. The van der Waals surface area contributed by atoms with Crippen molar-refractivity contribution in [3.63, 3.8) is 0 Å². The molecule has 0 radical (unpaired) electrons. The van der Waals surface area contributed by atoms with E-state index in [0.717, 1.165) is 0 Å². The van der Waals surface area contributed by atoms with Crippen molar-refractivity contribution in [2.24, 2.45) is 23.7 Å². The van der Waals surface area contributed by atoms with E-state index in [9.17, 15) is 34.8 Å². The van der Waals surface area contributed by atoms with Gasteiger partial charge in [-0.15, -0.1) is 0 Å². The molecular weight excluding hydrogens is 379 g/mol. The minimum absolute atomic E-state index is 0.110. The van der Waals surface area contributed by atoms with Gasteiger partial charge in [0.25, 0.3) is 0 Å². The highest BCUT2D eigenvalue weighted by Gasteiger charge is 2.57. The lowest BCUT2D eigenvalue weighted by Gasteiger charge is -2.47. The number of hydrogen-bond acceptors (Lipinski definition) is 7. The van der Waals surface area contributed by atoms with Crippen LogP contribution >= 0.6 is 0 Å². The van der Waals surface area contributed by atoms with E-state index in [1.165, 1.54) is 0 Å².